The third-order valence-corrected chi connectivity index (χ3v) is 2.31. The van der Waals surface area contributed by atoms with Gasteiger partial charge >= 0.3 is 0 Å². The number of rotatable bonds is 2. The van der Waals surface area contributed by atoms with Crippen LogP contribution in [0.5, 0.6) is 0 Å². The highest BCUT2D eigenvalue weighted by Gasteiger charge is 2.11. The summed E-state index contributed by atoms with van der Waals surface area (Å²) in [5, 5.41) is 0. The highest BCUT2D eigenvalue weighted by Crippen LogP contribution is 2.29. The van der Waals surface area contributed by atoms with Crippen molar-refractivity contribution in [3.05, 3.63) is 66.8 Å². The van der Waals surface area contributed by atoms with Gasteiger partial charge in [-0.25, -0.2) is 0 Å². The zero-order chi connectivity index (χ0) is 9.10. The Kier molecular flexibility index (Phi) is 2.13. The van der Waals surface area contributed by atoms with E-state index in [9.17, 15) is 0 Å². The Morgan fingerprint density at radius 3 is 2.62 bits per heavy atom. The maximum Gasteiger partial charge on any atom is 0.0205 e. The molecule has 0 heterocycles. The molecule has 0 radical (unpaired) electrons. The molecule has 0 fully saturated rings. The Bertz CT molecular complexity index is 355. The zero-order valence-electron chi connectivity index (χ0n) is 7.48. The second-order valence-corrected chi connectivity index (χ2v) is 3.13. The van der Waals surface area contributed by atoms with Gasteiger partial charge in [0.1, 0.15) is 0 Å². The third kappa shape index (κ3) is 1.48. The molecule has 1 aromatic rings. The van der Waals surface area contributed by atoms with E-state index in [0.717, 1.165) is 0 Å². The number of hydrogen-bond donors (Lipinski definition) is 0. The summed E-state index contributed by atoms with van der Waals surface area (Å²) in [5.41, 5.74) is 2.63. The van der Waals surface area contributed by atoms with Crippen molar-refractivity contribution in [1.29, 1.82) is 0 Å². The van der Waals surface area contributed by atoms with E-state index in [2.05, 4.69) is 49.1 Å². The molecule has 0 saturated heterocycles. The molecule has 0 aliphatic heterocycles. The number of hydrogen-bond acceptors (Lipinski definition) is 0. The van der Waals surface area contributed by atoms with E-state index < -0.39 is 0 Å². The molecule has 0 nitrogen and oxygen atoms in total. The molecule has 1 aliphatic rings. The Hall–Kier alpha value is -1.56. The fraction of sp³-hybridized carbons (Fsp3) is 0.0769. The largest absolute Gasteiger partial charge is 0.102 e. The lowest BCUT2D eigenvalue weighted by Gasteiger charge is -2.08. The van der Waals surface area contributed by atoms with Gasteiger partial charge in [-0.3, -0.25) is 0 Å². The minimum absolute atomic E-state index is 0.391. The first kappa shape index (κ1) is 8.06. The molecule has 0 bridgehead atoms. The van der Waals surface area contributed by atoms with E-state index >= 15 is 0 Å². The lowest BCUT2D eigenvalue weighted by Crippen LogP contribution is -1.92. The third-order valence-electron chi connectivity index (χ3n) is 2.31. The molecule has 2 rings (SSSR count). The van der Waals surface area contributed by atoms with Gasteiger partial charge < -0.3 is 0 Å². The summed E-state index contributed by atoms with van der Waals surface area (Å²) in [7, 11) is 0. The maximum absolute atomic E-state index is 3.83. The lowest BCUT2D eigenvalue weighted by molar-refractivity contribution is 1.12. The minimum atomic E-state index is 0.391. The zero-order valence-corrected chi connectivity index (χ0v) is 7.48. The first-order valence-electron chi connectivity index (χ1n) is 4.48. The number of allylic oxidation sites excluding steroid dienone is 5. The summed E-state index contributed by atoms with van der Waals surface area (Å²) in [6, 6.07) is 10.4. The predicted molar refractivity (Wildman–Crippen MR) is 57.2 cm³/mol. The van der Waals surface area contributed by atoms with Crippen molar-refractivity contribution in [2.75, 3.05) is 0 Å². The van der Waals surface area contributed by atoms with Crippen LogP contribution >= 0.6 is 0 Å². The van der Waals surface area contributed by atoms with Gasteiger partial charge in [-0.2, -0.15) is 0 Å². The van der Waals surface area contributed by atoms with Crippen LogP contribution < -0.4 is 0 Å². The van der Waals surface area contributed by atoms with E-state index in [4.69, 9.17) is 0 Å². The Balaban J connectivity index is 2.34. The van der Waals surface area contributed by atoms with E-state index in [-0.39, 0.29) is 0 Å². The van der Waals surface area contributed by atoms with Gasteiger partial charge in [0.05, 0.1) is 0 Å². The van der Waals surface area contributed by atoms with Gasteiger partial charge in [0, 0.05) is 5.92 Å². The average molecular weight is 168 g/mol. The monoisotopic (exact) mass is 168 g/mol. The summed E-state index contributed by atoms with van der Waals surface area (Å²) >= 11 is 0. The lowest BCUT2D eigenvalue weighted by atomic mass is 9.96. The normalized spacial score (nSPS) is 20.0. The quantitative estimate of drug-likeness (QED) is 0.593. The van der Waals surface area contributed by atoms with Crippen LogP contribution in [0.15, 0.2) is 61.2 Å². The molecule has 13 heavy (non-hydrogen) atoms. The first-order valence-corrected chi connectivity index (χ1v) is 4.48. The molecular weight excluding hydrogens is 156 g/mol. The van der Waals surface area contributed by atoms with Crippen molar-refractivity contribution in [2.24, 2.45) is 5.92 Å². The van der Waals surface area contributed by atoms with E-state index in [0.29, 0.717) is 5.92 Å². The standard InChI is InChI=1S/C13H12/c1-2-11-9-6-10-13(11)12-7-4-3-5-8-12/h2-11H,1H2. The molecule has 0 spiro atoms. The second-order valence-electron chi connectivity index (χ2n) is 3.13. The van der Waals surface area contributed by atoms with Crippen molar-refractivity contribution in [3.63, 3.8) is 0 Å². The summed E-state index contributed by atoms with van der Waals surface area (Å²) in [6.45, 7) is 3.83. The average Bonchev–Trinajstić information content (AvgIpc) is 2.67. The van der Waals surface area contributed by atoms with Crippen LogP contribution in [0.1, 0.15) is 5.56 Å². The van der Waals surface area contributed by atoms with E-state index in [1.165, 1.54) is 11.1 Å². The van der Waals surface area contributed by atoms with Crippen molar-refractivity contribution >= 4 is 5.57 Å². The van der Waals surface area contributed by atoms with Gasteiger partial charge in [-0.05, 0) is 11.1 Å². The summed E-state index contributed by atoms with van der Waals surface area (Å²) in [5.74, 6) is 0.391. The molecule has 64 valence electrons. The molecular formula is C13H12. The van der Waals surface area contributed by atoms with E-state index in [1.807, 2.05) is 12.1 Å². The summed E-state index contributed by atoms with van der Waals surface area (Å²) in [4.78, 5) is 0. The molecule has 0 heteroatoms. The van der Waals surface area contributed by atoms with Crippen molar-refractivity contribution in [1.82, 2.24) is 0 Å². The molecule has 1 aromatic carbocycles. The van der Waals surface area contributed by atoms with Gasteiger partial charge in [0.2, 0.25) is 0 Å². The first-order chi connectivity index (χ1) is 6.42. The molecule has 1 atom stereocenters. The SMILES string of the molecule is C=CC1C=CC=C1c1ccccc1. The maximum atomic E-state index is 3.83. The number of benzene rings is 1. The van der Waals surface area contributed by atoms with Crippen molar-refractivity contribution in [3.8, 4) is 0 Å². The Morgan fingerprint density at radius 2 is 1.92 bits per heavy atom. The van der Waals surface area contributed by atoms with Crippen LogP contribution in [0.3, 0.4) is 0 Å². The van der Waals surface area contributed by atoms with Crippen LogP contribution in [-0.4, -0.2) is 0 Å². The molecule has 0 amide bonds. The molecule has 0 aromatic heterocycles. The van der Waals surface area contributed by atoms with E-state index in [1.54, 1.807) is 0 Å². The highest BCUT2D eigenvalue weighted by molar-refractivity contribution is 5.74. The van der Waals surface area contributed by atoms with Gasteiger partial charge in [0.25, 0.3) is 0 Å². The topological polar surface area (TPSA) is 0 Å². The van der Waals surface area contributed by atoms with Gasteiger partial charge in [0.15, 0.2) is 0 Å². The highest BCUT2D eigenvalue weighted by atomic mass is 14.2. The van der Waals surface area contributed by atoms with Crippen LogP contribution in [0.2, 0.25) is 0 Å². The fourth-order valence-corrected chi connectivity index (χ4v) is 1.62. The molecule has 1 aliphatic carbocycles. The van der Waals surface area contributed by atoms with Crippen LogP contribution in [0.25, 0.3) is 5.57 Å². The Morgan fingerprint density at radius 1 is 1.15 bits per heavy atom. The Labute approximate surface area is 78.9 Å². The molecule has 0 N–H and O–H groups in total. The van der Waals surface area contributed by atoms with Crippen molar-refractivity contribution < 1.29 is 0 Å². The molecule has 1 unspecified atom stereocenters. The molecule has 0 saturated carbocycles. The summed E-state index contributed by atoms with van der Waals surface area (Å²) < 4.78 is 0. The summed E-state index contributed by atoms with van der Waals surface area (Å²) in [6.07, 6.45) is 8.38. The second kappa shape index (κ2) is 3.44. The van der Waals surface area contributed by atoms with Gasteiger partial charge in [-0.1, -0.05) is 54.6 Å². The fourth-order valence-electron chi connectivity index (χ4n) is 1.62. The van der Waals surface area contributed by atoms with Crippen LogP contribution in [0, 0.1) is 5.92 Å². The van der Waals surface area contributed by atoms with Crippen molar-refractivity contribution in [2.45, 2.75) is 0 Å². The smallest absolute Gasteiger partial charge is 0.0205 e. The van der Waals surface area contributed by atoms with Gasteiger partial charge in [-0.15, -0.1) is 6.58 Å². The van der Waals surface area contributed by atoms with Crippen LogP contribution in [0.4, 0.5) is 0 Å². The predicted octanol–water partition coefficient (Wildman–Crippen LogP) is 3.44. The van der Waals surface area contributed by atoms with Crippen LogP contribution in [-0.2, 0) is 0 Å². The minimum Gasteiger partial charge on any atom is -0.102 e.